The van der Waals surface area contributed by atoms with Gasteiger partial charge in [-0.3, -0.25) is 9.59 Å². The van der Waals surface area contributed by atoms with Gasteiger partial charge in [0.1, 0.15) is 17.5 Å². The second-order valence-electron chi connectivity index (χ2n) is 8.85. The number of carbonyl (C=O) groups is 2. The summed E-state index contributed by atoms with van der Waals surface area (Å²) < 4.78 is 11.1. The maximum absolute atomic E-state index is 13.2. The molecule has 0 radical (unpaired) electrons. The van der Waals surface area contributed by atoms with Crippen LogP contribution in [0.1, 0.15) is 44.4 Å². The zero-order valence-corrected chi connectivity index (χ0v) is 19.6. The van der Waals surface area contributed by atoms with Crippen LogP contribution >= 0.6 is 0 Å². The van der Waals surface area contributed by atoms with Crippen LogP contribution in [0, 0.1) is 13.8 Å². The second-order valence-corrected chi connectivity index (χ2v) is 8.85. The van der Waals surface area contributed by atoms with E-state index >= 15 is 0 Å². The molecule has 0 saturated carbocycles. The molecule has 168 valence electrons. The summed E-state index contributed by atoms with van der Waals surface area (Å²) in [6.45, 7) is 11.5. The van der Waals surface area contributed by atoms with Crippen molar-refractivity contribution in [2.75, 3.05) is 13.7 Å². The first-order valence-electron chi connectivity index (χ1n) is 10.4. The number of aryl methyl sites for hydroxylation is 2. The van der Waals surface area contributed by atoms with E-state index in [1.54, 1.807) is 18.9 Å². The highest BCUT2D eigenvalue weighted by atomic mass is 16.5. The molecule has 2 rings (SSSR count). The van der Waals surface area contributed by atoms with Crippen LogP contribution in [0.5, 0.6) is 11.5 Å². The van der Waals surface area contributed by atoms with Crippen molar-refractivity contribution in [1.29, 1.82) is 0 Å². The van der Waals surface area contributed by atoms with Crippen molar-refractivity contribution in [3.05, 3.63) is 59.2 Å². The van der Waals surface area contributed by atoms with Gasteiger partial charge in [0.25, 0.3) is 5.91 Å². The van der Waals surface area contributed by atoms with Gasteiger partial charge in [-0.1, -0.05) is 29.8 Å². The fraction of sp³-hybridized carbons (Fsp3) is 0.440. The lowest BCUT2D eigenvalue weighted by atomic mass is 10.1. The Labute approximate surface area is 185 Å². The largest absolute Gasteiger partial charge is 0.497 e. The molecule has 6 nitrogen and oxygen atoms in total. The van der Waals surface area contributed by atoms with Crippen LogP contribution in [0.3, 0.4) is 0 Å². The molecule has 0 saturated heterocycles. The zero-order valence-electron chi connectivity index (χ0n) is 19.6. The molecule has 0 aliphatic carbocycles. The van der Waals surface area contributed by atoms with Crippen molar-refractivity contribution >= 4 is 11.8 Å². The fourth-order valence-electron chi connectivity index (χ4n) is 3.21. The van der Waals surface area contributed by atoms with E-state index in [0.717, 1.165) is 16.7 Å². The number of hydrogen-bond acceptors (Lipinski definition) is 4. The number of benzene rings is 2. The van der Waals surface area contributed by atoms with Gasteiger partial charge in [-0.15, -0.1) is 0 Å². The number of nitrogens with zero attached hydrogens (tertiary/aromatic N) is 1. The number of rotatable bonds is 8. The second kappa shape index (κ2) is 10.3. The van der Waals surface area contributed by atoms with Crippen LogP contribution in [0.15, 0.2) is 42.5 Å². The number of methoxy groups -OCH3 is 1. The highest BCUT2D eigenvalue weighted by Gasteiger charge is 2.28. The summed E-state index contributed by atoms with van der Waals surface area (Å²) in [5.74, 6) is 0.880. The summed E-state index contributed by atoms with van der Waals surface area (Å²) in [4.78, 5) is 27.5. The summed E-state index contributed by atoms with van der Waals surface area (Å²) in [5, 5.41) is 2.95. The van der Waals surface area contributed by atoms with Crippen molar-refractivity contribution in [3.63, 3.8) is 0 Å². The molecule has 2 aromatic carbocycles. The van der Waals surface area contributed by atoms with E-state index < -0.39 is 11.6 Å². The van der Waals surface area contributed by atoms with Gasteiger partial charge in [-0.25, -0.2) is 0 Å². The van der Waals surface area contributed by atoms with Crippen LogP contribution in [0.4, 0.5) is 0 Å². The maximum Gasteiger partial charge on any atom is 0.261 e. The molecule has 0 bridgehead atoms. The Morgan fingerprint density at radius 2 is 1.81 bits per heavy atom. The lowest BCUT2D eigenvalue weighted by molar-refractivity contribution is -0.142. The van der Waals surface area contributed by atoms with Crippen molar-refractivity contribution in [2.24, 2.45) is 0 Å². The third-order valence-electron chi connectivity index (χ3n) is 4.83. The van der Waals surface area contributed by atoms with Crippen LogP contribution < -0.4 is 14.8 Å². The molecule has 2 aromatic rings. The van der Waals surface area contributed by atoms with Gasteiger partial charge in [0, 0.05) is 12.1 Å². The molecule has 1 atom stereocenters. The Morgan fingerprint density at radius 3 is 2.42 bits per heavy atom. The lowest BCUT2D eigenvalue weighted by Crippen LogP contribution is -2.53. The van der Waals surface area contributed by atoms with E-state index in [0.29, 0.717) is 11.5 Å². The third-order valence-corrected chi connectivity index (χ3v) is 4.83. The molecule has 0 spiro atoms. The molecule has 1 N–H and O–H groups in total. The molecule has 0 aromatic heterocycles. The lowest BCUT2D eigenvalue weighted by Gasteiger charge is -2.31. The van der Waals surface area contributed by atoms with Crippen molar-refractivity contribution in [3.8, 4) is 11.5 Å². The van der Waals surface area contributed by atoms with Gasteiger partial charge in [0.05, 0.1) is 7.11 Å². The van der Waals surface area contributed by atoms with Crippen LogP contribution in [0.25, 0.3) is 0 Å². The molecule has 0 aliphatic heterocycles. The SMILES string of the molecule is COc1cccc(CN(C(=O)COc2ccc(C)cc2C)[C@H](C)C(=O)NC(C)(C)C)c1. The first kappa shape index (κ1) is 24.3. The van der Waals surface area contributed by atoms with Gasteiger partial charge in [-0.2, -0.15) is 0 Å². The molecular weight excluding hydrogens is 392 g/mol. The minimum absolute atomic E-state index is 0.152. The Balaban J connectivity index is 2.22. The predicted molar refractivity (Wildman–Crippen MR) is 122 cm³/mol. The average Bonchev–Trinajstić information content (AvgIpc) is 2.69. The quantitative estimate of drug-likeness (QED) is 0.692. The monoisotopic (exact) mass is 426 g/mol. The van der Waals surface area contributed by atoms with Crippen LogP contribution in [-0.2, 0) is 16.1 Å². The van der Waals surface area contributed by atoms with Crippen LogP contribution in [0.2, 0.25) is 0 Å². The number of nitrogens with one attached hydrogen (secondary N) is 1. The van der Waals surface area contributed by atoms with E-state index in [9.17, 15) is 9.59 Å². The Hall–Kier alpha value is -3.02. The summed E-state index contributed by atoms with van der Waals surface area (Å²) in [6.07, 6.45) is 0. The fourth-order valence-corrected chi connectivity index (χ4v) is 3.21. The van der Waals surface area contributed by atoms with Crippen molar-refractivity contribution in [2.45, 2.75) is 59.7 Å². The van der Waals surface area contributed by atoms with Gasteiger partial charge >= 0.3 is 0 Å². The summed E-state index contributed by atoms with van der Waals surface area (Å²) in [6, 6.07) is 12.6. The highest BCUT2D eigenvalue weighted by molar-refractivity contribution is 5.88. The number of ether oxygens (including phenoxy) is 2. The van der Waals surface area contributed by atoms with E-state index in [2.05, 4.69) is 5.32 Å². The van der Waals surface area contributed by atoms with Gasteiger partial charge < -0.3 is 19.7 Å². The minimum Gasteiger partial charge on any atom is -0.497 e. The molecule has 6 heteroatoms. The molecule has 2 amide bonds. The third kappa shape index (κ3) is 7.31. The molecular formula is C25H34N2O4. The van der Waals surface area contributed by atoms with E-state index in [4.69, 9.17) is 9.47 Å². The summed E-state index contributed by atoms with van der Waals surface area (Å²) >= 11 is 0. The van der Waals surface area contributed by atoms with Crippen molar-refractivity contribution in [1.82, 2.24) is 10.2 Å². The zero-order chi connectivity index (χ0) is 23.2. The Morgan fingerprint density at radius 1 is 1.10 bits per heavy atom. The van der Waals surface area contributed by atoms with Gasteiger partial charge in [-0.05, 0) is 70.9 Å². The maximum atomic E-state index is 13.2. The standard InChI is InChI=1S/C25H34N2O4/c1-17-11-12-22(18(2)13-17)31-16-23(28)27(19(3)24(29)26-25(4,5)6)15-20-9-8-10-21(14-20)30-7/h8-14,19H,15-16H2,1-7H3,(H,26,29)/t19-/m1/s1. The van der Waals surface area contributed by atoms with E-state index in [-0.39, 0.29) is 25.0 Å². The Bertz CT molecular complexity index is 918. The van der Waals surface area contributed by atoms with Crippen molar-refractivity contribution < 1.29 is 19.1 Å². The van der Waals surface area contributed by atoms with Gasteiger partial charge in [0.15, 0.2) is 6.61 Å². The summed E-state index contributed by atoms with van der Waals surface area (Å²) in [7, 11) is 1.60. The molecule has 0 aliphatic rings. The summed E-state index contributed by atoms with van der Waals surface area (Å²) in [5.41, 5.74) is 2.56. The van der Waals surface area contributed by atoms with Gasteiger partial charge in [0.2, 0.25) is 5.91 Å². The predicted octanol–water partition coefficient (Wildman–Crippen LogP) is 4.02. The van der Waals surface area contributed by atoms with Crippen LogP contribution in [-0.4, -0.2) is 42.0 Å². The smallest absolute Gasteiger partial charge is 0.261 e. The first-order valence-corrected chi connectivity index (χ1v) is 10.4. The van der Waals surface area contributed by atoms with E-state index in [1.807, 2.05) is 77.1 Å². The average molecular weight is 427 g/mol. The molecule has 0 heterocycles. The number of amides is 2. The normalized spacial score (nSPS) is 12.1. The first-order chi connectivity index (χ1) is 14.5. The number of hydrogen-bond donors (Lipinski definition) is 1. The molecule has 0 unspecified atom stereocenters. The topological polar surface area (TPSA) is 67.9 Å². The number of carbonyl (C=O) groups excluding carboxylic acids is 2. The minimum atomic E-state index is -0.666. The highest BCUT2D eigenvalue weighted by Crippen LogP contribution is 2.20. The Kier molecular flexibility index (Phi) is 8.08. The van der Waals surface area contributed by atoms with E-state index in [1.165, 1.54) is 0 Å². The molecule has 31 heavy (non-hydrogen) atoms. The molecule has 0 fully saturated rings.